The largest absolute Gasteiger partial charge is 0.134 e. The zero-order valence-electron chi connectivity index (χ0n) is 19.5. The zero-order valence-corrected chi connectivity index (χ0v) is 21.2. The van der Waals surface area contributed by atoms with Gasteiger partial charge in [-0.15, -0.1) is 22.7 Å². The van der Waals surface area contributed by atoms with Gasteiger partial charge >= 0.3 is 0 Å². The van der Waals surface area contributed by atoms with Crippen LogP contribution in [0.3, 0.4) is 0 Å². The van der Waals surface area contributed by atoms with Crippen molar-refractivity contribution in [3.63, 3.8) is 0 Å². The maximum Gasteiger partial charge on any atom is 0.0530 e. The molecule has 0 fully saturated rings. The van der Waals surface area contributed by atoms with Crippen molar-refractivity contribution in [2.24, 2.45) is 0 Å². The van der Waals surface area contributed by atoms with E-state index in [-0.39, 0.29) is 0 Å². The third kappa shape index (κ3) is 3.50. The summed E-state index contributed by atoms with van der Waals surface area (Å²) in [4.78, 5) is 2.70. The quantitative estimate of drug-likeness (QED) is 0.243. The minimum Gasteiger partial charge on any atom is -0.134 e. The second-order valence-corrected chi connectivity index (χ2v) is 11.1. The Morgan fingerprint density at radius 3 is 2.47 bits per heavy atom. The fourth-order valence-electron chi connectivity index (χ4n) is 5.04. The van der Waals surface area contributed by atoms with Crippen LogP contribution in [0.25, 0.3) is 52.7 Å². The molecule has 1 aliphatic rings. The van der Waals surface area contributed by atoms with Crippen LogP contribution in [0.4, 0.5) is 0 Å². The van der Waals surface area contributed by atoms with Crippen molar-refractivity contribution in [1.29, 1.82) is 0 Å². The molecule has 1 aliphatic carbocycles. The van der Waals surface area contributed by atoms with E-state index in [1.807, 2.05) is 28.7 Å². The number of hydrogen-bond acceptors (Lipinski definition) is 2. The highest BCUT2D eigenvalue weighted by Gasteiger charge is 2.19. The van der Waals surface area contributed by atoms with Crippen LogP contribution in [-0.2, 0) is 0 Å². The summed E-state index contributed by atoms with van der Waals surface area (Å²) in [5.74, 6) is 0. The molecule has 0 amide bonds. The molecule has 0 N–H and O–H groups in total. The molecule has 6 rings (SSSR count). The molecule has 0 saturated carbocycles. The summed E-state index contributed by atoms with van der Waals surface area (Å²) >= 11 is 3.80. The molecule has 0 atom stereocenters. The molecule has 0 aliphatic heterocycles. The topological polar surface area (TPSA) is 0 Å². The molecule has 166 valence electrons. The van der Waals surface area contributed by atoms with Gasteiger partial charge in [-0.25, -0.2) is 0 Å². The smallest absolute Gasteiger partial charge is 0.0530 e. The second kappa shape index (κ2) is 8.54. The first-order valence-corrected chi connectivity index (χ1v) is 13.4. The van der Waals surface area contributed by atoms with Gasteiger partial charge in [0.15, 0.2) is 0 Å². The summed E-state index contributed by atoms with van der Waals surface area (Å²) in [7, 11) is 0. The van der Waals surface area contributed by atoms with Gasteiger partial charge in [-0.05, 0) is 72.0 Å². The van der Waals surface area contributed by atoms with Crippen molar-refractivity contribution in [3.05, 3.63) is 108 Å². The molecule has 0 bridgehead atoms. The van der Waals surface area contributed by atoms with Crippen molar-refractivity contribution >= 4 is 54.5 Å². The third-order valence-corrected chi connectivity index (χ3v) is 9.51. The van der Waals surface area contributed by atoms with Crippen LogP contribution in [0.1, 0.15) is 36.5 Å². The molecule has 2 heteroatoms. The predicted octanol–water partition coefficient (Wildman–Crippen LogP) is 10.5. The third-order valence-electron chi connectivity index (χ3n) is 6.82. The average Bonchev–Trinajstić information content (AvgIpc) is 3.41. The van der Waals surface area contributed by atoms with Gasteiger partial charge in [0, 0.05) is 25.2 Å². The van der Waals surface area contributed by atoms with E-state index in [1.165, 1.54) is 75.3 Å². The number of thiophene rings is 2. The summed E-state index contributed by atoms with van der Waals surface area (Å²) in [6.07, 6.45) is 9.04. The molecule has 5 aromatic rings. The summed E-state index contributed by atoms with van der Waals surface area (Å²) < 4.78 is 2.69. The van der Waals surface area contributed by atoms with Crippen LogP contribution >= 0.6 is 22.7 Å². The highest BCUT2D eigenvalue weighted by molar-refractivity contribution is 7.29. The zero-order chi connectivity index (χ0) is 23.2. The molecule has 0 unspecified atom stereocenters. The molecule has 2 heterocycles. The lowest BCUT2D eigenvalue weighted by Crippen LogP contribution is -1.90. The van der Waals surface area contributed by atoms with Crippen molar-refractivity contribution in [2.45, 2.75) is 26.7 Å². The fraction of sp³-hybridized carbons (Fsp3) is 0.125. The molecule has 0 spiro atoms. The molecular weight excluding hydrogens is 448 g/mol. The molecule has 0 saturated heterocycles. The Morgan fingerprint density at radius 2 is 1.62 bits per heavy atom. The summed E-state index contributed by atoms with van der Waals surface area (Å²) in [5.41, 5.74) is 9.34. The van der Waals surface area contributed by atoms with Gasteiger partial charge in [0.2, 0.25) is 0 Å². The van der Waals surface area contributed by atoms with Crippen LogP contribution < -0.4 is 0 Å². The summed E-state index contributed by atoms with van der Waals surface area (Å²) in [6, 6.07) is 24.5. The number of rotatable bonds is 4. The number of aryl methyl sites for hydroxylation is 1. The Labute approximate surface area is 209 Å². The van der Waals surface area contributed by atoms with E-state index in [2.05, 4.69) is 99.3 Å². The summed E-state index contributed by atoms with van der Waals surface area (Å²) in [6.45, 7) is 8.65. The van der Waals surface area contributed by atoms with Gasteiger partial charge in [-0.3, -0.25) is 0 Å². The van der Waals surface area contributed by atoms with Gasteiger partial charge in [0.1, 0.15) is 0 Å². The molecule has 0 nitrogen and oxygen atoms in total. The first-order chi connectivity index (χ1) is 16.6. The number of allylic oxidation sites excluding steroid dienone is 4. The molecular formula is C32H26S2. The number of benzene rings is 3. The van der Waals surface area contributed by atoms with E-state index >= 15 is 0 Å². The van der Waals surface area contributed by atoms with Gasteiger partial charge in [0.05, 0.1) is 4.88 Å². The molecule has 2 aromatic heterocycles. The first kappa shape index (κ1) is 21.3. The normalized spacial score (nSPS) is 13.8. The predicted molar refractivity (Wildman–Crippen MR) is 154 cm³/mol. The summed E-state index contributed by atoms with van der Waals surface area (Å²) in [5, 5.41) is 2.65. The van der Waals surface area contributed by atoms with Gasteiger partial charge in [0.25, 0.3) is 0 Å². The van der Waals surface area contributed by atoms with Crippen LogP contribution in [0, 0.1) is 6.92 Å². The minimum atomic E-state index is 1.13. The first-order valence-electron chi connectivity index (χ1n) is 11.8. The van der Waals surface area contributed by atoms with Crippen molar-refractivity contribution in [3.8, 4) is 20.9 Å². The lowest BCUT2D eigenvalue weighted by atomic mass is 9.93. The van der Waals surface area contributed by atoms with Crippen LogP contribution in [0.15, 0.2) is 91.0 Å². The Hall–Kier alpha value is -3.20. The SMILES string of the molecule is C=Cc1c(-c2sc3c(-c4cccc(C5=CCCC(C)=C5)c4)cccc3c2C)sc2ccccc12. The van der Waals surface area contributed by atoms with Crippen molar-refractivity contribution < 1.29 is 0 Å². The van der Waals surface area contributed by atoms with E-state index in [0.29, 0.717) is 0 Å². The van der Waals surface area contributed by atoms with Crippen molar-refractivity contribution in [1.82, 2.24) is 0 Å². The van der Waals surface area contributed by atoms with Gasteiger partial charge < -0.3 is 0 Å². The maximum atomic E-state index is 4.15. The van der Waals surface area contributed by atoms with Gasteiger partial charge in [-0.1, -0.05) is 85.0 Å². The highest BCUT2D eigenvalue weighted by atomic mass is 32.1. The van der Waals surface area contributed by atoms with Crippen LogP contribution in [0.5, 0.6) is 0 Å². The second-order valence-electron chi connectivity index (χ2n) is 9.05. The highest BCUT2D eigenvalue weighted by Crippen LogP contribution is 2.48. The molecule has 34 heavy (non-hydrogen) atoms. The van der Waals surface area contributed by atoms with Crippen LogP contribution in [0.2, 0.25) is 0 Å². The van der Waals surface area contributed by atoms with E-state index in [9.17, 15) is 0 Å². The minimum absolute atomic E-state index is 1.13. The standard InChI is InChI=1S/C32H26S2/c1-4-25-28-14-5-6-17-29(28)33-32(25)30-21(3)26-15-9-16-27(31(26)34-30)24-13-8-12-23(19-24)22-11-7-10-20(2)18-22/h4-6,8-9,11-19H,1,7,10H2,2-3H3. The Morgan fingerprint density at radius 1 is 0.824 bits per heavy atom. The van der Waals surface area contributed by atoms with Crippen molar-refractivity contribution in [2.75, 3.05) is 0 Å². The van der Waals surface area contributed by atoms with E-state index in [1.54, 1.807) is 0 Å². The van der Waals surface area contributed by atoms with E-state index in [4.69, 9.17) is 0 Å². The van der Waals surface area contributed by atoms with E-state index < -0.39 is 0 Å². The van der Waals surface area contributed by atoms with E-state index in [0.717, 1.165) is 6.42 Å². The Bertz CT molecular complexity index is 1630. The number of fused-ring (bicyclic) bond motifs is 2. The van der Waals surface area contributed by atoms with Gasteiger partial charge in [-0.2, -0.15) is 0 Å². The lowest BCUT2D eigenvalue weighted by Gasteiger charge is -2.12. The lowest BCUT2D eigenvalue weighted by molar-refractivity contribution is 0.966. The monoisotopic (exact) mass is 474 g/mol. The molecule has 3 aromatic carbocycles. The Balaban J connectivity index is 1.52. The number of hydrogen-bond donors (Lipinski definition) is 0. The fourth-order valence-corrected chi connectivity index (χ4v) is 7.79. The van der Waals surface area contributed by atoms with Crippen LogP contribution in [-0.4, -0.2) is 0 Å². The average molecular weight is 475 g/mol. The Kier molecular flexibility index (Phi) is 5.36. The molecule has 0 radical (unpaired) electrons. The maximum absolute atomic E-state index is 4.15.